The van der Waals surface area contributed by atoms with Crippen LogP contribution in [0, 0.1) is 5.92 Å². The van der Waals surface area contributed by atoms with Gasteiger partial charge in [0.1, 0.15) is 11.3 Å². The number of hydrogen-bond acceptors (Lipinski definition) is 3. The Morgan fingerprint density at radius 3 is 2.73 bits per heavy atom. The number of nitrogens with one attached hydrogen (secondary N) is 1. The van der Waals surface area contributed by atoms with Crippen LogP contribution in [0.5, 0.6) is 5.75 Å². The lowest BCUT2D eigenvalue weighted by molar-refractivity contribution is 0.0904. The summed E-state index contributed by atoms with van der Waals surface area (Å²) in [6.45, 7) is 6.47. The highest BCUT2D eigenvalue weighted by Crippen LogP contribution is 2.24. The number of ether oxygens (including phenoxy) is 1. The molecule has 0 fully saturated rings. The molecule has 1 aromatic carbocycles. The summed E-state index contributed by atoms with van der Waals surface area (Å²) >= 11 is 0. The third kappa shape index (κ3) is 4.03. The summed E-state index contributed by atoms with van der Waals surface area (Å²) in [5, 5.41) is 3.97. The minimum Gasteiger partial charge on any atom is -0.497 e. The van der Waals surface area contributed by atoms with Crippen molar-refractivity contribution in [3.05, 3.63) is 30.0 Å². The van der Waals surface area contributed by atoms with Crippen molar-refractivity contribution >= 4 is 16.9 Å². The Hall–Kier alpha value is -1.97. The molecule has 1 atom stereocenters. The highest BCUT2D eigenvalue weighted by atomic mass is 16.5. The van der Waals surface area contributed by atoms with Crippen LogP contribution < -0.4 is 10.1 Å². The Morgan fingerprint density at radius 2 is 2.09 bits per heavy atom. The molecule has 0 aliphatic carbocycles. The Bertz CT molecular complexity index is 630. The second-order valence-corrected chi connectivity index (χ2v) is 6.10. The first-order chi connectivity index (χ1) is 10.5. The third-order valence-corrected chi connectivity index (χ3v) is 3.68. The van der Waals surface area contributed by atoms with Crippen molar-refractivity contribution in [3.63, 3.8) is 0 Å². The molecule has 2 aromatic rings. The van der Waals surface area contributed by atoms with Crippen molar-refractivity contribution < 1.29 is 13.9 Å². The number of hydrogen-bond donors (Lipinski definition) is 1. The summed E-state index contributed by atoms with van der Waals surface area (Å²) in [7, 11) is 1.62. The number of carbonyl (C=O) groups is 1. The van der Waals surface area contributed by atoms with Crippen molar-refractivity contribution in [3.8, 4) is 5.75 Å². The fourth-order valence-corrected chi connectivity index (χ4v) is 2.68. The van der Waals surface area contributed by atoms with Gasteiger partial charge < -0.3 is 14.5 Å². The Morgan fingerprint density at radius 1 is 1.32 bits per heavy atom. The lowest BCUT2D eigenvalue weighted by Crippen LogP contribution is -2.35. The molecule has 1 amide bonds. The lowest BCUT2D eigenvalue weighted by atomic mass is 10.00. The van der Waals surface area contributed by atoms with Gasteiger partial charge in [0.2, 0.25) is 0 Å². The number of amides is 1. The normalized spacial score (nSPS) is 12.6. The van der Waals surface area contributed by atoms with Crippen LogP contribution >= 0.6 is 0 Å². The molecule has 4 heteroatoms. The van der Waals surface area contributed by atoms with E-state index in [1.54, 1.807) is 13.2 Å². The number of carbonyl (C=O) groups excluding carboxylic acids is 1. The zero-order valence-electron chi connectivity index (χ0n) is 13.8. The first-order valence-corrected chi connectivity index (χ1v) is 7.92. The second kappa shape index (κ2) is 7.34. The van der Waals surface area contributed by atoms with Crippen LogP contribution in [0.15, 0.2) is 28.7 Å². The second-order valence-electron chi connectivity index (χ2n) is 6.10. The fourth-order valence-electron chi connectivity index (χ4n) is 2.68. The van der Waals surface area contributed by atoms with Crippen LogP contribution in [0.2, 0.25) is 0 Å². The highest BCUT2D eigenvalue weighted by Gasteiger charge is 2.18. The van der Waals surface area contributed by atoms with E-state index in [2.05, 4.69) is 26.1 Å². The van der Waals surface area contributed by atoms with Gasteiger partial charge in [0.05, 0.1) is 7.11 Å². The molecule has 1 heterocycles. The molecular weight excluding hydrogens is 278 g/mol. The molecule has 1 unspecified atom stereocenters. The number of methoxy groups -OCH3 is 1. The summed E-state index contributed by atoms with van der Waals surface area (Å²) in [5.41, 5.74) is 0.696. The maximum Gasteiger partial charge on any atom is 0.287 e. The first-order valence-electron chi connectivity index (χ1n) is 7.92. The Kier molecular flexibility index (Phi) is 5.47. The van der Waals surface area contributed by atoms with Crippen molar-refractivity contribution in [1.29, 1.82) is 0 Å². The molecule has 0 bridgehead atoms. The maximum absolute atomic E-state index is 12.4. The SMILES string of the molecule is CCCC(CC(C)C)NC(=O)c1cc2cc(OC)ccc2o1. The van der Waals surface area contributed by atoms with Gasteiger partial charge in [-0.2, -0.15) is 0 Å². The zero-order valence-corrected chi connectivity index (χ0v) is 13.8. The first kappa shape index (κ1) is 16.4. The van der Waals surface area contributed by atoms with E-state index < -0.39 is 0 Å². The lowest BCUT2D eigenvalue weighted by Gasteiger charge is -2.19. The van der Waals surface area contributed by atoms with E-state index in [0.717, 1.165) is 30.4 Å². The molecule has 0 saturated heterocycles. The van der Waals surface area contributed by atoms with Gasteiger partial charge in [-0.15, -0.1) is 0 Å². The van der Waals surface area contributed by atoms with E-state index in [9.17, 15) is 4.79 Å². The van der Waals surface area contributed by atoms with E-state index in [1.807, 2.05) is 18.2 Å². The quantitative estimate of drug-likeness (QED) is 0.825. The van der Waals surface area contributed by atoms with E-state index in [1.165, 1.54) is 0 Å². The predicted molar refractivity (Wildman–Crippen MR) is 88.4 cm³/mol. The monoisotopic (exact) mass is 303 g/mol. The summed E-state index contributed by atoms with van der Waals surface area (Å²) in [6.07, 6.45) is 3.01. The molecule has 0 aliphatic heterocycles. The van der Waals surface area contributed by atoms with Gasteiger partial charge in [0.25, 0.3) is 5.91 Å². The van der Waals surface area contributed by atoms with Crippen LogP contribution in [0.4, 0.5) is 0 Å². The Labute approximate surface area is 131 Å². The molecular formula is C18H25NO3. The summed E-state index contributed by atoms with van der Waals surface area (Å²) in [4.78, 5) is 12.4. The largest absolute Gasteiger partial charge is 0.497 e. The number of fused-ring (bicyclic) bond motifs is 1. The molecule has 1 aromatic heterocycles. The number of furan rings is 1. The Balaban J connectivity index is 2.14. The van der Waals surface area contributed by atoms with E-state index >= 15 is 0 Å². The third-order valence-electron chi connectivity index (χ3n) is 3.68. The van der Waals surface area contributed by atoms with Crippen molar-refractivity contribution in [2.45, 2.75) is 46.1 Å². The molecule has 120 valence electrons. The van der Waals surface area contributed by atoms with Crippen LogP contribution in [0.25, 0.3) is 11.0 Å². The van der Waals surface area contributed by atoms with Gasteiger partial charge in [-0.25, -0.2) is 0 Å². The average Bonchev–Trinajstić information content (AvgIpc) is 2.89. The molecule has 2 rings (SSSR count). The fraction of sp³-hybridized carbons (Fsp3) is 0.500. The van der Waals surface area contributed by atoms with Gasteiger partial charge in [-0.05, 0) is 43.0 Å². The van der Waals surface area contributed by atoms with E-state index in [-0.39, 0.29) is 11.9 Å². The zero-order chi connectivity index (χ0) is 16.1. The van der Waals surface area contributed by atoms with Gasteiger partial charge in [-0.1, -0.05) is 27.2 Å². The molecule has 0 aliphatic rings. The van der Waals surface area contributed by atoms with Crippen molar-refractivity contribution in [2.75, 3.05) is 7.11 Å². The van der Waals surface area contributed by atoms with Crippen molar-refractivity contribution in [1.82, 2.24) is 5.32 Å². The summed E-state index contributed by atoms with van der Waals surface area (Å²) in [5.74, 6) is 1.52. The summed E-state index contributed by atoms with van der Waals surface area (Å²) in [6, 6.07) is 7.48. The predicted octanol–water partition coefficient (Wildman–Crippen LogP) is 4.39. The molecule has 0 radical (unpaired) electrons. The number of benzene rings is 1. The van der Waals surface area contributed by atoms with E-state index in [4.69, 9.17) is 9.15 Å². The maximum atomic E-state index is 12.4. The van der Waals surface area contributed by atoms with Crippen LogP contribution in [-0.4, -0.2) is 19.1 Å². The van der Waals surface area contributed by atoms with Crippen LogP contribution in [0.3, 0.4) is 0 Å². The minimum absolute atomic E-state index is 0.144. The van der Waals surface area contributed by atoms with E-state index in [0.29, 0.717) is 17.3 Å². The van der Waals surface area contributed by atoms with Gasteiger partial charge >= 0.3 is 0 Å². The topological polar surface area (TPSA) is 51.5 Å². The highest BCUT2D eigenvalue weighted by molar-refractivity contribution is 5.96. The minimum atomic E-state index is -0.144. The molecule has 4 nitrogen and oxygen atoms in total. The average molecular weight is 303 g/mol. The molecule has 0 saturated carbocycles. The molecule has 0 spiro atoms. The number of rotatable bonds is 7. The van der Waals surface area contributed by atoms with Gasteiger partial charge in [0.15, 0.2) is 5.76 Å². The van der Waals surface area contributed by atoms with Gasteiger partial charge in [0, 0.05) is 11.4 Å². The van der Waals surface area contributed by atoms with Crippen LogP contribution in [-0.2, 0) is 0 Å². The molecule has 22 heavy (non-hydrogen) atoms. The summed E-state index contributed by atoms with van der Waals surface area (Å²) < 4.78 is 10.8. The smallest absolute Gasteiger partial charge is 0.287 e. The van der Waals surface area contributed by atoms with Gasteiger partial charge in [-0.3, -0.25) is 4.79 Å². The standard InChI is InChI=1S/C18H25NO3/c1-5-6-14(9-12(2)3)19-18(20)17-11-13-10-15(21-4)7-8-16(13)22-17/h7-8,10-12,14H,5-6,9H2,1-4H3,(H,19,20). The molecule has 1 N–H and O–H groups in total. The van der Waals surface area contributed by atoms with Crippen LogP contribution in [0.1, 0.15) is 50.6 Å². The van der Waals surface area contributed by atoms with Crippen molar-refractivity contribution in [2.24, 2.45) is 5.92 Å².